The number of ether oxygens (including phenoxy) is 1. The van der Waals surface area contributed by atoms with Crippen LogP contribution in [-0.4, -0.2) is 27.8 Å². The topological polar surface area (TPSA) is 55.8 Å². The van der Waals surface area contributed by atoms with Gasteiger partial charge in [-0.2, -0.15) is 0 Å². The van der Waals surface area contributed by atoms with Crippen LogP contribution in [0.3, 0.4) is 0 Å². The van der Waals surface area contributed by atoms with E-state index in [-0.39, 0.29) is 11.9 Å². The molecule has 0 amide bonds. The highest BCUT2D eigenvalue weighted by atomic mass is 32.1. The number of para-hydroxylation sites is 2. The number of fused-ring (bicyclic) bond motifs is 2. The fourth-order valence-electron chi connectivity index (χ4n) is 4.35. The van der Waals surface area contributed by atoms with E-state index in [2.05, 4.69) is 46.8 Å². The number of thiazole rings is 1. The molecule has 5 nitrogen and oxygen atoms in total. The van der Waals surface area contributed by atoms with Gasteiger partial charge in [0, 0.05) is 13.2 Å². The molecule has 0 aliphatic rings. The molecular weight excluding hydrogens is 435 g/mol. The standard InChI is InChI=1S/C26H25FN4OS/c1-17-7-9-18(10-8-17)13-20(16-32-2)31-23-6-4-3-5-22(23)30(26(31)28)15-25-29-21-14-19(27)11-12-24(21)33-25/h3-12,14,20,28H,13,15-16H2,1-2H3. The number of nitrogens with one attached hydrogen (secondary N) is 1. The van der Waals surface area contributed by atoms with Gasteiger partial charge in [0.15, 0.2) is 0 Å². The second-order valence-corrected chi connectivity index (χ2v) is 9.40. The highest BCUT2D eigenvalue weighted by Crippen LogP contribution is 2.26. The first kappa shape index (κ1) is 21.6. The molecule has 0 saturated carbocycles. The average molecular weight is 461 g/mol. The predicted octanol–water partition coefficient (Wildman–Crippen LogP) is 5.46. The molecular formula is C26H25FN4OS. The third-order valence-corrected chi connectivity index (χ3v) is 6.94. The fraction of sp³-hybridized carbons (Fsp3) is 0.231. The highest BCUT2D eigenvalue weighted by Gasteiger charge is 2.20. The lowest BCUT2D eigenvalue weighted by atomic mass is 10.0. The molecule has 0 radical (unpaired) electrons. The summed E-state index contributed by atoms with van der Waals surface area (Å²) in [6.45, 7) is 3.04. The maximum absolute atomic E-state index is 13.6. The first-order chi connectivity index (χ1) is 16.0. The van der Waals surface area contributed by atoms with Gasteiger partial charge in [0.25, 0.3) is 0 Å². The van der Waals surface area contributed by atoms with Gasteiger partial charge in [0.05, 0.1) is 40.4 Å². The van der Waals surface area contributed by atoms with Gasteiger partial charge in [-0.05, 0) is 43.2 Å². The van der Waals surface area contributed by atoms with E-state index in [0.29, 0.717) is 24.3 Å². The first-order valence-electron chi connectivity index (χ1n) is 10.9. The van der Waals surface area contributed by atoms with E-state index >= 15 is 0 Å². The second-order valence-electron chi connectivity index (χ2n) is 8.29. The summed E-state index contributed by atoms with van der Waals surface area (Å²) in [5.74, 6) is -0.289. The molecule has 5 rings (SSSR count). The van der Waals surface area contributed by atoms with Gasteiger partial charge in [-0.15, -0.1) is 11.3 Å². The van der Waals surface area contributed by atoms with Crippen LogP contribution in [-0.2, 0) is 17.7 Å². The molecule has 1 atom stereocenters. The Bertz CT molecular complexity index is 1480. The van der Waals surface area contributed by atoms with Gasteiger partial charge in [-0.3, -0.25) is 5.41 Å². The summed E-state index contributed by atoms with van der Waals surface area (Å²) in [5, 5.41) is 9.94. The quantitative estimate of drug-likeness (QED) is 0.351. The molecule has 0 aliphatic heterocycles. The van der Waals surface area contributed by atoms with Crippen molar-refractivity contribution in [1.82, 2.24) is 14.1 Å². The number of nitrogens with zero attached hydrogens (tertiary/aromatic N) is 3. The summed E-state index contributed by atoms with van der Waals surface area (Å²) in [4.78, 5) is 4.62. The molecule has 7 heteroatoms. The number of halogens is 1. The molecule has 0 saturated heterocycles. The number of aromatic nitrogens is 3. The van der Waals surface area contributed by atoms with E-state index in [1.165, 1.54) is 34.6 Å². The Hall–Kier alpha value is -3.29. The molecule has 33 heavy (non-hydrogen) atoms. The SMILES string of the molecule is COCC(Cc1ccc(C)cc1)n1c(=N)n(Cc2nc3cc(F)ccc3s2)c2ccccc21. The van der Waals surface area contributed by atoms with Crippen LogP contribution in [0.5, 0.6) is 0 Å². The normalized spacial score (nSPS) is 12.6. The zero-order valence-corrected chi connectivity index (χ0v) is 19.4. The minimum absolute atomic E-state index is 0.0270. The predicted molar refractivity (Wildman–Crippen MR) is 130 cm³/mol. The van der Waals surface area contributed by atoms with Crippen LogP contribution < -0.4 is 5.62 Å². The van der Waals surface area contributed by atoms with Crippen LogP contribution in [0.4, 0.5) is 4.39 Å². The lowest BCUT2D eigenvalue weighted by molar-refractivity contribution is 0.154. The minimum Gasteiger partial charge on any atom is -0.383 e. The molecule has 1 unspecified atom stereocenters. The summed E-state index contributed by atoms with van der Waals surface area (Å²) in [6.07, 6.45) is 0.763. The van der Waals surface area contributed by atoms with Crippen molar-refractivity contribution in [3.05, 3.63) is 94.3 Å². The van der Waals surface area contributed by atoms with Crippen molar-refractivity contribution in [2.24, 2.45) is 0 Å². The van der Waals surface area contributed by atoms with Gasteiger partial charge >= 0.3 is 0 Å². The zero-order valence-electron chi connectivity index (χ0n) is 18.6. The first-order valence-corrected chi connectivity index (χ1v) is 11.7. The molecule has 2 heterocycles. The molecule has 0 spiro atoms. The Balaban J connectivity index is 1.58. The summed E-state index contributed by atoms with van der Waals surface area (Å²) in [5.41, 5.74) is 5.45. The van der Waals surface area contributed by atoms with Crippen molar-refractivity contribution >= 4 is 32.6 Å². The lowest BCUT2D eigenvalue weighted by Crippen LogP contribution is -2.31. The van der Waals surface area contributed by atoms with Crippen LogP contribution in [0, 0.1) is 18.2 Å². The number of benzene rings is 3. The molecule has 1 N–H and O–H groups in total. The van der Waals surface area contributed by atoms with Crippen molar-refractivity contribution in [3.63, 3.8) is 0 Å². The van der Waals surface area contributed by atoms with E-state index in [9.17, 15) is 4.39 Å². The number of hydrogen-bond acceptors (Lipinski definition) is 4. The van der Waals surface area contributed by atoms with Crippen molar-refractivity contribution in [3.8, 4) is 0 Å². The Morgan fingerprint density at radius 1 is 1.06 bits per heavy atom. The Kier molecular flexibility index (Phi) is 5.83. The number of methoxy groups -OCH3 is 1. The summed E-state index contributed by atoms with van der Waals surface area (Å²) < 4.78 is 24.2. The molecule has 5 aromatic rings. The number of imidazole rings is 1. The fourth-order valence-corrected chi connectivity index (χ4v) is 5.29. The number of rotatable bonds is 7. The minimum atomic E-state index is -0.289. The van der Waals surface area contributed by atoms with Crippen molar-refractivity contribution in [2.75, 3.05) is 13.7 Å². The molecule has 168 valence electrons. The van der Waals surface area contributed by atoms with Gasteiger partial charge in [-0.1, -0.05) is 42.0 Å². The third kappa shape index (κ3) is 4.21. The smallest absolute Gasteiger partial charge is 0.203 e. The Morgan fingerprint density at radius 3 is 2.58 bits per heavy atom. The maximum atomic E-state index is 13.6. The van der Waals surface area contributed by atoms with Crippen LogP contribution in [0.1, 0.15) is 22.2 Å². The summed E-state index contributed by atoms with van der Waals surface area (Å²) >= 11 is 1.53. The van der Waals surface area contributed by atoms with E-state index in [4.69, 9.17) is 10.1 Å². The van der Waals surface area contributed by atoms with Gasteiger partial charge < -0.3 is 13.9 Å². The number of aryl methyl sites for hydroxylation is 1. The Labute approximate surface area is 195 Å². The Morgan fingerprint density at radius 2 is 1.82 bits per heavy atom. The van der Waals surface area contributed by atoms with Crippen molar-refractivity contribution in [2.45, 2.75) is 25.9 Å². The van der Waals surface area contributed by atoms with E-state index in [0.717, 1.165) is 27.2 Å². The maximum Gasteiger partial charge on any atom is 0.203 e. The molecule has 0 bridgehead atoms. The van der Waals surface area contributed by atoms with E-state index < -0.39 is 0 Å². The molecule has 2 aromatic heterocycles. The van der Waals surface area contributed by atoms with E-state index in [1.54, 1.807) is 13.2 Å². The lowest BCUT2D eigenvalue weighted by Gasteiger charge is -2.19. The number of hydrogen-bond donors (Lipinski definition) is 1. The van der Waals surface area contributed by atoms with Crippen LogP contribution in [0.15, 0.2) is 66.7 Å². The van der Waals surface area contributed by atoms with Gasteiger partial charge in [0.1, 0.15) is 10.8 Å². The average Bonchev–Trinajstić information content (AvgIpc) is 3.33. The van der Waals surface area contributed by atoms with Crippen LogP contribution >= 0.6 is 11.3 Å². The largest absolute Gasteiger partial charge is 0.383 e. The molecule has 0 fully saturated rings. The van der Waals surface area contributed by atoms with Crippen LogP contribution in [0.2, 0.25) is 0 Å². The molecule has 3 aromatic carbocycles. The summed E-state index contributed by atoms with van der Waals surface area (Å²) in [6, 6.07) is 21.2. The van der Waals surface area contributed by atoms with Crippen molar-refractivity contribution < 1.29 is 9.13 Å². The molecule has 0 aliphatic carbocycles. The monoisotopic (exact) mass is 460 g/mol. The summed E-state index contributed by atoms with van der Waals surface area (Å²) in [7, 11) is 1.70. The van der Waals surface area contributed by atoms with Crippen LogP contribution in [0.25, 0.3) is 21.3 Å². The van der Waals surface area contributed by atoms with Gasteiger partial charge in [0.2, 0.25) is 5.62 Å². The van der Waals surface area contributed by atoms with E-state index in [1.807, 2.05) is 22.8 Å². The third-order valence-electron chi connectivity index (χ3n) is 5.92. The zero-order chi connectivity index (χ0) is 22.9. The van der Waals surface area contributed by atoms with Crippen molar-refractivity contribution in [1.29, 1.82) is 5.41 Å². The second kappa shape index (κ2) is 8.92. The highest BCUT2D eigenvalue weighted by molar-refractivity contribution is 7.18. The van der Waals surface area contributed by atoms with Gasteiger partial charge in [-0.25, -0.2) is 9.37 Å².